The monoisotopic (exact) mass is 255 g/mol. The van der Waals surface area contributed by atoms with Crippen molar-refractivity contribution >= 4 is 10.8 Å². The topological polar surface area (TPSA) is 0 Å². The van der Waals surface area contributed by atoms with E-state index < -0.39 is 0 Å². The number of benzene rings is 1. The van der Waals surface area contributed by atoms with E-state index in [9.17, 15) is 0 Å². The summed E-state index contributed by atoms with van der Waals surface area (Å²) in [6.45, 7) is 0. The summed E-state index contributed by atoms with van der Waals surface area (Å²) in [5.41, 5.74) is 0. The molecule has 0 atom stereocenters. The fraction of sp³-hybridized carbons (Fsp3) is 0. The van der Waals surface area contributed by atoms with E-state index in [1.165, 1.54) is 10.8 Å². The van der Waals surface area contributed by atoms with Gasteiger partial charge < -0.3 is 19.8 Å². The first-order chi connectivity index (χ1) is 4.47. The fourth-order valence-electron chi connectivity index (χ4n) is 1.07. The molecule has 2 aromatic rings. The van der Waals surface area contributed by atoms with E-state index in [0.717, 1.165) is 0 Å². The van der Waals surface area contributed by atoms with E-state index in [2.05, 4.69) is 42.5 Å². The van der Waals surface area contributed by atoms with Crippen molar-refractivity contribution < 1.29 is 38.6 Å². The van der Waals surface area contributed by atoms with Gasteiger partial charge in [-0.2, -0.15) is 17.5 Å². The van der Waals surface area contributed by atoms with Gasteiger partial charge in [0.2, 0.25) is 0 Å². The zero-order valence-corrected chi connectivity index (χ0v) is 10.1. The molecule has 0 bridgehead atoms. The van der Waals surface area contributed by atoms with Crippen LogP contribution in [0.3, 0.4) is 0 Å². The van der Waals surface area contributed by atoms with E-state index in [4.69, 9.17) is 0 Å². The van der Waals surface area contributed by atoms with Crippen LogP contribution in [0.5, 0.6) is 0 Å². The van der Waals surface area contributed by atoms with Crippen LogP contribution in [0.2, 0.25) is 0 Å². The molecule has 2 heteroatoms. The fourth-order valence-corrected chi connectivity index (χ4v) is 1.07. The molecular weight excluding hydrogens is 247 g/mol. The molecule has 0 amide bonds. The quantitative estimate of drug-likeness (QED) is 0.583. The standard InChI is InChI=1S/C9H7.CH3.ClH.Zr/c1-2-5-9-7-3-6-8(9)4-1;;;/h1-7H;1H3;1H;/q2*-1;;+3/p-1. The van der Waals surface area contributed by atoms with Gasteiger partial charge in [0.1, 0.15) is 0 Å². The van der Waals surface area contributed by atoms with Crippen molar-refractivity contribution in [3.05, 3.63) is 49.9 Å². The van der Waals surface area contributed by atoms with Gasteiger partial charge in [0.15, 0.2) is 0 Å². The van der Waals surface area contributed by atoms with Crippen LogP contribution in [0.25, 0.3) is 10.8 Å². The van der Waals surface area contributed by atoms with Gasteiger partial charge in [0.05, 0.1) is 0 Å². The maximum absolute atomic E-state index is 2.12. The molecule has 0 nitrogen and oxygen atoms in total. The van der Waals surface area contributed by atoms with E-state index in [1.807, 2.05) is 0 Å². The predicted octanol–water partition coefficient (Wildman–Crippen LogP) is 0.0105. The van der Waals surface area contributed by atoms with E-state index in [-0.39, 0.29) is 46.0 Å². The molecule has 0 fully saturated rings. The number of fused-ring (bicyclic) bond motifs is 1. The molecule has 12 heavy (non-hydrogen) atoms. The summed E-state index contributed by atoms with van der Waals surface area (Å²) in [7, 11) is 0. The van der Waals surface area contributed by atoms with Crippen molar-refractivity contribution in [2.24, 2.45) is 0 Å². The molecule has 61 valence electrons. The molecule has 0 saturated heterocycles. The average molecular weight is 257 g/mol. The molecule has 0 spiro atoms. The normalized spacial score (nSPS) is 7.67. The summed E-state index contributed by atoms with van der Waals surface area (Å²) >= 11 is 0. The summed E-state index contributed by atoms with van der Waals surface area (Å²) in [4.78, 5) is 0. The minimum Gasteiger partial charge on any atom is -1.00 e. The van der Waals surface area contributed by atoms with Crippen LogP contribution >= 0.6 is 0 Å². The van der Waals surface area contributed by atoms with Crippen LogP contribution in [-0.2, 0) is 26.2 Å². The summed E-state index contributed by atoms with van der Waals surface area (Å²) in [6, 6.07) is 14.7. The van der Waals surface area contributed by atoms with Crippen LogP contribution in [0.1, 0.15) is 0 Å². The Morgan fingerprint density at radius 3 is 2.33 bits per heavy atom. The van der Waals surface area contributed by atoms with Crippen molar-refractivity contribution in [1.82, 2.24) is 0 Å². The number of rotatable bonds is 0. The van der Waals surface area contributed by atoms with Crippen LogP contribution in [0.15, 0.2) is 42.5 Å². The van der Waals surface area contributed by atoms with Gasteiger partial charge >= 0.3 is 26.2 Å². The second kappa shape index (κ2) is 6.51. The number of hydrogen-bond acceptors (Lipinski definition) is 0. The molecule has 0 N–H and O–H groups in total. The maximum Gasteiger partial charge on any atom is 3.00 e. The smallest absolute Gasteiger partial charge is 1.00 e. The minimum atomic E-state index is 0. The van der Waals surface area contributed by atoms with Crippen LogP contribution < -0.4 is 12.4 Å². The summed E-state index contributed by atoms with van der Waals surface area (Å²) in [5, 5.41) is 2.66. The molecule has 0 saturated carbocycles. The molecule has 0 aliphatic rings. The number of halogens is 1. The summed E-state index contributed by atoms with van der Waals surface area (Å²) < 4.78 is 0. The summed E-state index contributed by atoms with van der Waals surface area (Å²) in [5.74, 6) is 0. The molecule has 2 aromatic carbocycles. The zero-order valence-electron chi connectivity index (χ0n) is 6.92. The number of hydrogen-bond donors (Lipinski definition) is 0. The Bertz CT molecular complexity index is 284. The Hall–Kier alpha value is 0.00312. The Morgan fingerprint density at radius 2 is 1.67 bits per heavy atom. The van der Waals surface area contributed by atoms with E-state index in [0.29, 0.717) is 0 Å². The predicted molar refractivity (Wildman–Crippen MR) is 46.0 cm³/mol. The van der Waals surface area contributed by atoms with Gasteiger partial charge in [-0.25, -0.2) is 0 Å². The second-order valence-electron chi connectivity index (χ2n) is 2.15. The van der Waals surface area contributed by atoms with E-state index >= 15 is 0 Å². The third kappa shape index (κ3) is 2.80. The Kier molecular flexibility index (Phi) is 7.88. The van der Waals surface area contributed by atoms with Gasteiger partial charge in [0, 0.05) is 0 Å². The molecular formula is C10H10ClZr. The average Bonchev–Trinajstić information content (AvgIpc) is 2.33. The van der Waals surface area contributed by atoms with Gasteiger partial charge in [0.25, 0.3) is 0 Å². The third-order valence-electron chi connectivity index (χ3n) is 1.55. The van der Waals surface area contributed by atoms with Crippen molar-refractivity contribution in [3.63, 3.8) is 0 Å². The van der Waals surface area contributed by atoms with Crippen molar-refractivity contribution in [1.29, 1.82) is 0 Å². The van der Waals surface area contributed by atoms with Crippen LogP contribution in [0.4, 0.5) is 0 Å². The van der Waals surface area contributed by atoms with Crippen molar-refractivity contribution in [3.8, 4) is 0 Å². The van der Waals surface area contributed by atoms with Crippen molar-refractivity contribution in [2.45, 2.75) is 0 Å². The summed E-state index contributed by atoms with van der Waals surface area (Å²) in [6.07, 6.45) is 0. The molecule has 0 aliphatic carbocycles. The van der Waals surface area contributed by atoms with Crippen LogP contribution in [-0.4, -0.2) is 0 Å². The van der Waals surface area contributed by atoms with Gasteiger partial charge in [-0.3, -0.25) is 0 Å². The van der Waals surface area contributed by atoms with Crippen molar-refractivity contribution in [2.75, 3.05) is 0 Å². The Balaban J connectivity index is 0. The first kappa shape index (κ1) is 14.5. The second-order valence-corrected chi connectivity index (χ2v) is 2.15. The Labute approximate surface area is 98.9 Å². The molecule has 1 radical (unpaired) electrons. The molecule has 0 unspecified atom stereocenters. The third-order valence-corrected chi connectivity index (χ3v) is 1.55. The zero-order chi connectivity index (χ0) is 6.10. The molecule has 0 aliphatic heterocycles. The van der Waals surface area contributed by atoms with E-state index in [1.54, 1.807) is 0 Å². The van der Waals surface area contributed by atoms with Gasteiger partial charge in [-0.05, 0) is 0 Å². The first-order valence-electron chi connectivity index (χ1n) is 3.07. The SMILES string of the molecule is [CH3-].[Cl-].[Zr+3].c1ccc2[cH-]ccc2c1. The molecule has 2 rings (SSSR count). The largest absolute Gasteiger partial charge is 3.00 e. The Morgan fingerprint density at radius 1 is 1.00 bits per heavy atom. The maximum atomic E-state index is 2.12. The molecule has 0 aromatic heterocycles. The molecule has 0 heterocycles. The van der Waals surface area contributed by atoms with Crippen LogP contribution in [0, 0.1) is 7.43 Å². The van der Waals surface area contributed by atoms with Gasteiger partial charge in [-0.1, -0.05) is 6.07 Å². The minimum absolute atomic E-state index is 0. The van der Waals surface area contributed by atoms with Gasteiger partial charge in [-0.15, -0.1) is 29.7 Å². The first-order valence-corrected chi connectivity index (χ1v) is 3.07.